The summed E-state index contributed by atoms with van der Waals surface area (Å²) in [5.74, 6) is -6.29. The van der Waals surface area contributed by atoms with Crippen molar-refractivity contribution in [2.45, 2.75) is 31.4 Å². The van der Waals surface area contributed by atoms with E-state index in [0.29, 0.717) is 5.57 Å². The molecule has 1 aromatic carbocycles. The molecule has 3 atom stereocenters. The molecular weight excluding hydrogens is 702 g/mol. The number of ether oxygens (including phenoxy) is 2. The minimum absolute atomic E-state index is 0.0320. The summed E-state index contributed by atoms with van der Waals surface area (Å²) in [6, 6.07) is 2.27. The molecule has 4 heterocycles. The number of esters is 2. The normalized spacial score (nSPS) is 17.9. The number of carbonyl (C=O) groups is 6. The van der Waals surface area contributed by atoms with Crippen LogP contribution in [-0.4, -0.2) is 98.9 Å². The third-order valence-corrected chi connectivity index (χ3v) is 8.65. The summed E-state index contributed by atoms with van der Waals surface area (Å²) in [5.41, 5.74) is 4.97. The number of benzene rings is 1. The first kappa shape index (κ1) is 35.2. The van der Waals surface area contributed by atoms with Crippen LogP contribution in [-0.2, 0) is 40.7 Å². The number of carbonyl (C=O) groups excluding carboxylic acids is 4. The maximum Gasteiger partial charge on any atom is 0.352 e. The van der Waals surface area contributed by atoms with Crippen LogP contribution in [0.15, 0.2) is 46.1 Å². The Balaban J connectivity index is 1.39. The summed E-state index contributed by atoms with van der Waals surface area (Å²) >= 11 is 2.12. The quantitative estimate of drug-likeness (QED) is 0.0632. The molecule has 1 saturated heterocycles. The maximum atomic E-state index is 13.6. The van der Waals surface area contributed by atoms with Gasteiger partial charge < -0.3 is 35.6 Å². The fraction of sp³-hybridized carbons (Fsp3) is 0.250. The van der Waals surface area contributed by atoms with Crippen molar-refractivity contribution in [2.24, 2.45) is 12.2 Å². The minimum Gasteiger partial charge on any atom is -0.478 e. The number of amides is 2. The molecule has 0 bridgehead atoms. The number of hydrogen-bond acceptors (Lipinski definition) is 17. The number of nitrogens with zero attached hydrogens (tertiary/aromatic N) is 7. The van der Waals surface area contributed by atoms with Crippen LogP contribution in [0.2, 0.25) is 0 Å². The number of thioether (sulfide) groups is 1. The number of aromatic nitrogens is 5. The lowest BCUT2D eigenvalue weighted by Crippen LogP contribution is -2.71. The average Bonchev–Trinajstić information content (AvgIpc) is 3.67. The number of carboxylic acid groups (broad SMARTS) is 2. The number of aryl methyl sites for hydroxylation is 1. The van der Waals surface area contributed by atoms with Crippen LogP contribution in [0.1, 0.15) is 37.0 Å². The van der Waals surface area contributed by atoms with Gasteiger partial charge in [0.25, 0.3) is 11.8 Å². The van der Waals surface area contributed by atoms with Crippen molar-refractivity contribution in [3.63, 3.8) is 0 Å². The Morgan fingerprint density at radius 3 is 2.44 bits per heavy atom. The highest BCUT2D eigenvalue weighted by Gasteiger charge is 2.54. The lowest BCUT2D eigenvalue weighted by molar-refractivity contribution is -0.151. The molecule has 0 aliphatic carbocycles. The number of carboxylic acids is 2. The van der Waals surface area contributed by atoms with Crippen LogP contribution < -0.4 is 20.5 Å². The fourth-order valence-corrected chi connectivity index (χ4v) is 6.50. The third kappa shape index (κ3) is 7.60. The zero-order valence-electron chi connectivity index (χ0n) is 26.0. The number of nitrogens with two attached hydrogens (primary N) is 1. The Hall–Kier alpha value is -6.16. The number of hydrogen-bond donors (Lipinski definition) is 4. The number of tetrazole rings is 1. The summed E-state index contributed by atoms with van der Waals surface area (Å²) < 4.78 is 10.1. The molecule has 5 rings (SSSR count). The number of rotatable bonds is 12. The second kappa shape index (κ2) is 14.5. The lowest BCUT2D eigenvalue weighted by atomic mass is 10.0. The van der Waals surface area contributed by atoms with Gasteiger partial charge in [0.1, 0.15) is 22.8 Å². The van der Waals surface area contributed by atoms with Crippen LogP contribution >= 0.6 is 23.1 Å². The summed E-state index contributed by atoms with van der Waals surface area (Å²) in [7, 11) is 1.56. The number of allylic oxidation sites excluding steroid dienone is 1. The fourth-order valence-electron chi connectivity index (χ4n) is 4.64. The van der Waals surface area contributed by atoms with E-state index < -0.39 is 58.9 Å². The van der Waals surface area contributed by atoms with Gasteiger partial charge in [0.05, 0.1) is 7.05 Å². The van der Waals surface area contributed by atoms with Crippen LogP contribution in [0.25, 0.3) is 6.08 Å². The molecule has 22 heteroatoms. The topological polar surface area (TPSA) is 281 Å². The third-order valence-electron chi connectivity index (χ3n) is 6.68. The Kier molecular flexibility index (Phi) is 10.2. The number of β-lactam (4-membered cyclic amide) rings is 1. The minimum atomic E-state index is -1.89. The molecule has 0 saturated carbocycles. The van der Waals surface area contributed by atoms with Gasteiger partial charge in [-0.2, -0.15) is 4.80 Å². The predicted octanol–water partition coefficient (Wildman–Crippen LogP) is 0.0980. The molecule has 0 unspecified atom stereocenters. The molecule has 50 heavy (non-hydrogen) atoms. The molecule has 5 N–H and O–H groups in total. The molecule has 2 aromatic heterocycles. The first-order chi connectivity index (χ1) is 23.7. The van der Waals surface area contributed by atoms with Crippen molar-refractivity contribution in [3.8, 4) is 11.5 Å². The van der Waals surface area contributed by atoms with Crippen molar-refractivity contribution in [3.05, 3.63) is 58.0 Å². The number of oxime groups is 1. The van der Waals surface area contributed by atoms with E-state index in [2.05, 4.69) is 30.9 Å². The smallest absolute Gasteiger partial charge is 0.352 e. The van der Waals surface area contributed by atoms with Crippen molar-refractivity contribution < 1.29 is 53.3 Å². The monoisotopic (exact) mass is 727 g/mol. The Labute approximate surface area is 288 Å². The lowest BCUT2D eigenvalue weighted by Gasteiger charge is -2.49. The van der Waals surface area contributed by atoms with Gasteiger partial charge in [-0.25, -0.2) is 14.6 Å². The average molecular weight is 728 g/mol. The molecule has 1 fully saturated rings. The number of nitrogen functional groups attached to an aromatic ring is 1. The maximum absolute atomic E-state index is 13.6. The zero-order valence-corrected chi connectivity index (χ0v) is 27.6. The van der Waals surface area contributed by atoms with Crippen LogP contribution in [0.4, 0.5) is 5.13 Å². The van der Waals surface area contributed by atoms with Crippen molar-refractivity contribution in [1.29, 1.82) is 0 Å². The van der Waals surface area contributed by atoms with Crippen LogP contribution in [0, 0.1) is 0 Å². The first-order valence-corrected chi connectivity index (χ1v) is 16.0. The van der Waals surface area contributed by atoms with E-state index in [0.717, 1.165) is 36.2 Å². The number of nitrogens with one attached hydrogen (secondary N) is 1. The summed E-state index contributed by atoms with van der Waals surface area (Å²) in [6.45, 7) is 2.19. The van der Waals surface area contributed by atoms with Crippen molar-refractivity contribution >= 4 is 75.7 Å². The van der Waals surface area contributed by atoms with Crippen molar-refractivity contribution in [1.82, 2.24) is 35.4 Å². The Morgan fingerprint density at radius 2 is 1.84 bits per heavy atom. The van der Waals surface area contributed by atoms with Gasteiger partial charge in [0.15, 0.2) is 28.2 Å². The van der Waals surface area contributed by atoms with Gasteiger partial charge >= 0.3 is 23.9 Å². The van der Waals surface area contributed by atoms with Gasteiger partial charge in [0.2, 0.25) is 6.10 Å². The van der Waals surface area contributed by atoms with E-state index >= 15 is 0 Å². The second-order valence-electron chi connectivity index (χ2n) is 10.2. The largest absolute Gasteiger partial charge is 0.478 e. The highest BCUT2D eigenvalue weighted by atomic mass is 32.2. The Morgan fingerprint density at radius 1 is 1.12 bits per heavy atom. The van der Waals surface area contributed by atoms with E-state index in [1.807, 2.05) is 0 Å². The summed E-state index contributed by atoms with van der Waals surface area (Å²) in [6.07, 6.45) is 1.03. The molecule has 3 aromatic rings. The van der Waals surface area contributed by atoms with Gasteiger partial charge in [0, 0.05) is 30.5 Å². The van der Waals surface area contributed by atoms with E-state index in [4.69, 9.17) is 20.0 Å². The first-order valence-electron chi connectivity index (χ1n) is 14.1. The standard InChI is InChI=1S/C28H25N9O11S2/c1-11(38)46-16-6-4-13(8-17(16)47-12(2)39)22(27(44)45)48-34-19(15-10-50-28(29)30-15)23(40)31-20-24(41)37-21(26(42)43)14(9-49-25(20)37)5-7-18-32-35-36(3)33-18/h4-8,10,20,22,25H,9H2,1-3H3,(H2,29,30)(H,31,40)(H,42,43)(H,44,45)/b7-5-,34-19?/t20-,22-,25+/m1/s1. The Bertz CT molecular complexity index is 2000. The van der Waals surface area contributed by atoms with Gasteiger partial charge in [-0.3, -0.25) is 24.1 Å². The predicted molar refractivity (Wildman–Crippen MR) is 171 cm³/mol. The van der Waals surface area contributed by atoms with Crippen LogP contribution in [0.5, 0.6) is 11.5 Å². The van der Waals surface area contributed by atoms with E-state index in [9.17, 15) is 39.0 Å². The zero-order chi connectivity index (χ0) is 36.3. The number of thiazole rings is 1. The van der Waals surface area contributed by atoms with Gasteiger partial charge in [-0.1, -0.05) is 17.3 Å². The highest BCUT2D eigenvalue weighted by molar-refractivity contribution is 8.00. The molecule has 2 amide bonds. The van der Waals surface area contributed by atoms with E-state index in [-0.39, 0.29) is 45.2 Å². The molecular formula is C28H25N9O11S2. The molecule has 2 aliphatic heterocycles. The summed E-state index contributed by atoms with van der Waals surface area (Å²) in [5, 5.41) is 38.3. The molecule has 0 radical (unpaired) electrons. The van der Waals surface area contributed by atoms with Crippen molar-refractivity contribution in [2.75, 3.05) is 11.5 Å². The molecule has 20 nitrogen and oxygen atoms in total. The van der Waals surface area contributed by atoms with E-state index in [1.54, 1.807) is 7.05 Å². The highest BCUT2D eigenvalue weighted by Crippen LogP contribution is 2.41. The van der Waals surface area contributed by atoms with Gasteiger partial charge in [-0.05, 0) is 29.0 Å². The SMILES string of the molecule is CC(=O)Oc1ccc([C@@H](ON=C(C(=O)N[C@@H]2C(=O)N3C(C(=O)O)=C(/C=C\c4nnn(C)n4)CS[C@@H]23)c2csc(N)n2)C(=O)O)cc1OC(C)=O. The number of aliphatic carboxylic acids is 2. The van der Waals surface area contributed by atoms with E-state index in [1.165, 1.54) is 46.2 Å². The molecule has 0 spiro atoms. The summed E-state index contributed by atoms with van der Waals surface area (Å²) in [4.78, 5) is 86.0. The second-order valence-corrected chi connectivity index (χ2v) is 12.2. The molecule has 260 valence electrons. The molecule has 2 aliphatic rings. The van der Waals surface area contributed by atoms with Crippen LogP contribution in [0.3, 0.4) is 0 Å². The van der Waals surface area contributed by atoms with Gasteiger partial charge in [-0.15, -0.1) is 33.3 Å². The number of anilines is 1. The number of fused-ring (bicyclic) bond motifs is 1.